The molecule has 1 heterocycles. The lowest BCUT2D eigenvalue weighted by Crippen LogP contribution is -2.21. The van der Waals surface area contributed by atoms with Crippen molar-refractivity contribution in [3.8, 4) is 5.75 Å². The Hall–Kier alpha value is -2.08. The number of aromatic nitrogens is 2. The number of hydrogen-bond donors (Lipinski definition) is 2. The monoisotopic (exact) mass is 276 g/mol. The number of nitrogens with one attached hydrogen (secondary N) is 2. The lowest BCUT2D eigenvalue weighted by Gasteiger charge is -2.07. The zero-order chi connectivity index (χ0) is 14.4. The largest absolute Gasteiger partial charge is 0.496 e. The topological polar surface area (TPSA) is 72.2 Å². The Morgan fingerprint density at radius 2 is 2.00 bits per heavy atom. The van der Waals surface area contributed by atoms with Gasteiger partial charge in [0.25, 0.3) is 0 Å². The summed E-state index contributed by atoms with van der Waals surface area (Å²) in [5.74, 6) is 1.41. The van der Waals surface area contributed by atoms with Crippen molar-refractivity contribution in [2.45, 2.75) is 33.0 Å². The van der Waals surface area contributed by atoms with Gasteiger partial charge in [-0.1, -0.05) is 37.1 Å². The number of ether oxygens (including phenoxy) is 1. The van der Waals surface area contributed by atoms with Crippen LogP contribution in [0.4, 0.5) is 6.01 Å². The van der Waals surface area contributed by atoms with Gasteiger partial charge in [0.05, 0.1) is 13.7 Å². The molecule has 0 aliphatic heterocycles. The van der Waals surface area contributed by atoms with Gasteiger partial charge in [-0.2, -0.15) is 0 Å². The summed E-state index contributed by atoms with van der Waals surface area (Å²) in [5.41, 5.74) is 1.04. The zero-order valence-corrected chi connectivity index (χ0v) is 12.0. The third kappa shape index (κ3) is 3.96. The van der Waals surface area contributed by atoms with Gasteiger partial charge < -0.3 is 19.8 Å². The fourth-order valence-corrected chi connectivity index (χ4v) is 1.71. The highest BCUT2D eigenvalue weighted by molar-refractivity contribution is 5.35. The molecule has 1 aromatic carbocycles. The van der Waals surface area contributed by atoms with Crippen LogP contribution in [0.3, 0.4) is 0 Å². The highest BCUT2D eigenvalue weighted by atomic mass is 16.5. The second-order valence-electron chi connectivity index (χ2n) is 4.70. The molecule has 2 N–H and O–H groups in total. The van der Waals surface area contributed by atoms with Gasteiger partial charge in [-0.05, 0) is 6.07 Å². The minimum atomic E-state index is 0.381. The molecule has 2 aromatic rings. The van der Waals surface area contributed by atoms with Crippen LogP contribution in [0.25, 0.3) is 0 Å². The molecule has 0 unspecified atom stereocenters. The van der Waals surface area contributed by atoms with E-state index in [0.717, 1.165) is 11.3 Å². The molecule has 0 aliphatic rings. The summed E-state index contributed by atoms with van der Waals surface area (Å²) < 4.78 is 10.8. The molecule has 0 aliphatic carbocycles. The van der Waals surface area contributed by atoms with Crippen LogP contribution in [0.5, 0.6) is 5.75 Å². The molecule has 108 valence electrons. The molecule has 0 radical (unpaired) electrons. The van der Waals surface area contributed by atoms with Gasteiger partial charge in [-0.15, -0.1) is 5.10 Å². The molecule has 6 heteroatoms. The van der Waals surface area contributed by atoms with E-state index in [1.165, 1.54) is 0 Å². The average Bonchev–Trinajstić information content (AvgIpc) is 2.91. The first-order chi connectivity index (χ1) is 9.69. The van der Waals surface area contributed by atoms with E-state index in [1.54, 1.807) is 7.11 Å². The molecule has 0 fully saturated rings. The number of rotatable bonds is 7. The van der Waals surface area contributed by atoms with Crippen molar-refractivity contribution in [2.24, 2.45) is 0 Å². The van der Waals surface area contributed by atoms with Gasteiger partial charge in [-0.3, -0.25) is 0 Å². The number of hydrogen-bond acceptors (Lipinski definition) is 6. The first-order valence-electron chi connectivity index (χ1n) is 6.60. The number of methoxy groups -OCH3 is 1. The molecule has 2 rings (SSSR count). The fraction of sp³-hybridized carbons (Fsp3) is 0.429. The van der Waals surface area contributed by atoms with Crippen LogP contribution in [0.1, 0.15) is 25.3 Å². The molecule has 0 saturated heterocycles. The summed E-state index contributed by atoms with van der Waals surface area (Å²) in [5, 5.41) is 14.2. The second kappa shape index (κ2) is 6.91. The maximum absolute atomic E-state index is 5.49. The summed E-state index contributed by atoms with van der Waals surface area (Å²) in [4.78, 5) is 0. The van der Waals surface area contributed by atoms with E-state index in [-0.39, 0.29) is 0 Å². The molecule has 6 nitrogen and oxygen atoms in total. The predicted molar refractivity (Wildman–Crippen MR) is 76.6 cm³/mol. The van der Waals surface area contributed by atoms with E-state index in [2.05, 4.69) is 34.7 Å². The van der Waals surface area contributed by atoms with Crippen LogP contribution in [0, 0.1) is 0 Å². The predicted octanol–water partition coefficient (Wildman–Crippen LogP) is 2.19. The molecule has 0 amide bonds. The normalized spacial score (nSPS) is 10.8. The number of benzene rings is 1. The molecule has 0 saturated carbocycles. The highest BCUT2D eigenvalue weighted by Crippen LogP contribution is 2.18. The summed E-state index contributed by atoms with van der Waals surface area (Å²) in [6, 6.07) is 8.60. The smallest absolute Gasteiger partial charge is 0.315 e. The molecule has 0 spiro atoms. The summed E-state index contributed by atoms with van der Waals surface area (Å²) in [7, 11) is 1.65. The quantitative estimate of drug-likeness (QED) is 0.807. The van der Waals surface area contributed by atoms with Crippen molar-refractivity contribution >= 4 is 6.01 Å². The summed E-state index contributed by atoms with van der Waals surface area (Å²) >= 11 is 0. The third-order valence-corrected chi connectivity index (χ3v) is 2.75. The molecule has 0 atom stereocenters. The van der Waals surface area contributed by atoms with Crippen molar-refractivity contribution in [2.75, 3.05) is 12.4 Å². The van der Waals surface area contributed by atoms with Crippen LogP contribution in [0.2, 0.25) is 0 Å². The first kappa shape index (κ1) is 14.3. The van der Waals surface area contributed by atoms with Crippen LogP contribution < -0.4 is 15.4 Å². The average molecular weight is 276 g/mol. The van der Waals surface area contributed by atoms with Crippen LogP contribution >= 0.6 is 0 Å². The van der Waals surface area contributed by atoms with Crippen LogP contribution in [0.15, 0.2) is 28.7 Å². The summed E-state index contributed by atoms with van der Waals surface area (Å²) in [6.07, 6.45) is 0. The highest BCUT2D eigenvalue weighted by Gasteiger charge is 2.07. The van der Waals surface area contributed by atoms with E-state index in [4.69, 9.17) is 9.15 Å². The van der Waals surface area contributed by atoms with Crippen molar-refractivity contribution in [3.05, 3.63) is 35.7 Å². The Balaban J connectivity index is 1.91. The lowest BCUT2D eigenvalue weighted by atomic mass is 10.2. The molecule has 1 aromatic heterocycles. The van der Waals surface area contributed by atoms with Gasteiger partial charge in [0.1, 0.15) is 5.75 Å². The molecular weight excluding hydrogens is 256 g/mol. The van der Waals surface area contributed by atoms with Gasteiger partial charge in [0, 0.05) is 18.2 Å². The second-order valence-corrected chi connectivity index (χ2v) is 4.70. The van der Waals surface area contributed by atoms with Gasteiger partial charge >= 0.3 is 6.01 Å². The Morgan fingerprint density at radius 1 is 1.20 bits per heavy atom. The number of anilines is 1. The van der Waals surface area contributed by atoms with Crippen molar-refractivity contribution < 1.29 is 9.15 Å². The fourth-order valence-electron chi connectivity index (χ4n) is 1.71. The van der Waals surface area contributed by atoms with E-state index in [9.17, 15) is 0 Å². The standard InChI is InChI=1S/C14H20N4O2/c1-10(2)15-9-13-17-18-14(20-13)16-8-11-6-4-5-7-12(11)19-3/h4-7,10,15H,8-9H2,1-3H3,(H,16,18). The lowest BCUT2D eigenvalue weighted by molar-refractivity contribution is 0.410. The Labute approximate surface area is 118 Å². The molecular formula is C14H20N4O2. The molecule has 20 heavy (non-hydrogen) atoms. The third-order valence-electron chi connectivity index (χ3n) is 2.75. The Kier molecular flexibility index (Phi) is 4.95. The Morgan fingerprint density at radius 3 is 2.75 bits per heavy atom. The summed E-state index contributed by atoms with van der Waals surface area (Å²) in [6.45, 7) is 5.28. The zero-order valence-electron chi connectivity index (χ0n) is 12.0. The maximum Gasteiger partial charge on any atom is 0.315 e. The van der Waals surface area contributed by atoms with Gasteiger partial charge in [-0.25, -0.2) is 0 Å². The minimum Gasteiger partial charge on any atom is -0.496 e. The van der Waals surface area contributed by atoms with Crippen LogP contribution in [-0.2, 0) is 13.1 Å². The van der Waals surface area contributed by atoms with E-state index < -0.39 is 0 Å². The van der Waals surface area contributed by atoms with Crippen molar-refractivity contribution in [3.63, 3.8) is 0 Å². The van der Waals surface area contributed by atoms with Crippen molar-refractivity contribution in [1.29, 1.82) is 0 Å². The van der Waals surface area contributed by atoms with E-state index in [1.807, 2.05) is 24.3 Å². The van der Waals surface area contributed by atoms with Crippen LogP contribution in [-0.4, -0.2) is 23.3 Å². The minimum absolute atomic E-state index is 0.381. The van der Waals surface area contributed by atoms with Gasteiger partial charge in [0.15, 0.2) is 0 Å². The van der Waals surface area contributed by atoms with E-state index in [0.29, 0.717) is 31.0 Å². The molecule has 0 bridgehead atoms. The van der Waals surface area contributed by atoms with Gasteiger partial charge in [0.2, 0.25) is 5.89 Å². The first-order valence-corrected chi connectivity index (χ1v) is 6.60. The Bertz CT molecular complexity index is 539. The number of nitrogens with zero attached hydrogens (tertiary/aromatic N) is 2. The maximum atomic E-state index is 5.49. The number of para-hydroxylation sites is 1. The van der Waals surface area contributed by atoms with Crippen molar-refractivity contribution in [1.82, 2.24) is 15.5 Å². The SMILES string of the molecule is COc1ccccc1CNc1nnc(CNC(C)C)o1. The van der Waals surface area contributed by atoms with E-state index >= 15 is 0 Å².